The fourth-order valence-electron chi connectivity index (χ4n) is 5.15. The molecule has 8 heteroatoms. The predicted octanol–water partition coefficient (Wildman–Crippen LogP) is 11.3. The van der Waals surface area contributed by atoms with Crippen LogP contribution in [0, 0.1) is 0 Å². The summed E-state index contributed by atoms with van der Waals surface area (Å²) < 4.78 is 43.2. The molecule has 0 spiro atoms. The van der Waals surface area contributed by atoms with E-state index >= 15 is 0 Å². The molecule has 0 saturated carbocycles. The number of rotatable bonds is 34. The maximum absolute atomic E-state index is 12.3. The van der Waals surface area contributed by atoms with Crippen molar-refractivity contribution in [2.45, 2.75) is 180 Å². The Morgan fingerprint density at radius 2 is 0.875 bits per heavy atom. The SMILES string of the molecule is CCCCCC=CCC=CCCCCCCCCOC(=O)CC(C(=O)OCCCCCCCCC=CCC=CCCCCC)S(=O)(=O)O. The minimum Gasteiger partial charge on any atom is -0.466 e. The van der Waals surface area contributed by atoms with Crippen LogP contribution in [0.2, 0.25) is 0 Å². The van der Waals surface area contributed by atoms with E-state index in [-0.39, 0.29) is 13.2 Å². The third-order valence-corrected chi connectivity index (χ3v) is 9.25. The molecule has 0 aliphatic rings. The highest BCUT2D eigenvalue weighted by Crippen LogP contribution is 2.13. The molecule has 0 amide bonds. The highest BCUT2D eigenvalue weighted by molar-refractivity contribution is 7.87. The van der Waals surface area contributed by atoms with Crippen molar-refractivity contribution in [3.05, 3.63) is 48.6 Å². The van der Waals surface area contributed by atoms with Gasteiger partial charge in [-0.25, -0.2) is 0 Å². The predicted molar refractivity (Wildman–Crippen MR) is 201 cm³/mol. The second-order valence-corrected chi connectivity index (χ2v) is 14.4. The molecule has 48 heavy (non-hydrogen) atoms. The van der Waals surface area contributed by atoms with E-state index in [0.29, 0.717) is 12.8 Å². The summed E-state index contributed by atoms with van der Waals surface area (Å²) in [5.41, 5.74) is 0. The van der Waals surface area contributed by atoms with E-state index in [0.717, 1.165) is 89.9 Å². The molecule has 0 heterocycles. The van der Waals surface area contributed by atoms with Crippen LogP contribution < -0.4 is 0 Å². The molecule has 0 saturated heterocycles. The molecule has 0 aromatic heterocycles. The average molecular weight is 695 g/mol. The van der Waals surface area contributed by atoms with Crippen LogP contribution in [0.3, 0.4) is 0 Å². The summed E-state index contributed by atoms with van der Waals surface area (Å²) in [5.74, 6) is -1.93. The molecule has 7 nitrogen and oxygen atoms in total. The van der Waals surface area contributed by atoms with Gasteiger partial charge in [0.25, 0.3) is 10.1 Å². The number of allylic oxidation sites excluding steroid dienone is 8. The molecule has 0 radical (unpaired) electrons. The maximum atomic E-state index is 12.3. The molecular weight excluding hydrogens is 625 g/mol. The summed E-state index contributed by atoms with van der Waals surface area (Å²) >= 11 is 0. The molecule has 0 bridgehead atoms. The molecule has 0 aromatic carbocycles. The standard InChI is InChI=1S/C40H70O7S/c1-3-5-7-9-11-13-15-17-19-21-23-25-27-29-31-33-35-46-39(41)37-38(48(43,44)45)40(42)47-36-34-32-30-28-26-24-22-20-18-16-14-12-10-8-6-4-2/h11-14,17-20,38H,3-10,15-16,21-37H2,1-2H3,(H,43,44,45). The van der Waals surface area contributed by atoms with Gasteiger partial charge in [-0.15, -0.1) is 0 Å². The molecule has 0 fully saturated rings. The zero-order chi connectivity index (χ0) is 35.4. The number of esters is 2. The molecule has 278 valence electrons. The first kappa shape index (κ1) is 45.8. The summed E-state index contributed by atoms with van der Waals surface area (Å²) in [5, 5.41) is -1.95. The van der Waals surface area contributed by atoms with Gasteiger partial charge in [-0.05, 0) is 77.0 Å². The number of ether oxygens (including phenoxy) is 2. The Kier molecular flexibility index (Phi) is 33.1. The van der Waals surface area contributed by atoms with Gasteiger partial charge in [0, 0.05) is 0 Å². The van der Waals surface area contributed by atoms with Crippen LogP contribution in [0.5, 0.6) is 0 Å². The van der Waals surface area contributed by atoms with Crippen LogP contribution in [0.25, 0.3) is 0 Å². The lowest BCUT2D eigenvalue weighted by Crippen LogP contribution is -2.34. The Labute approximate surface area is 294 Å². The monoisotopic (exact) mass is 694 g/mol. The molecule has 0 aliphatic carbocycles. The highest BCUT2D eigenvalue weighted by Gasteiger charge is 2.35. The van der Waals surface area contributed by atoms with E-state index in [2.05, 4.69) is 62.5 Å². The first-order valence-electron chi connectivity index (χ1n) is 19.2. The zero-order valence-corrected chi connectivity index (χ0v) is 31.4. The van der Waals surface area contributed by atoms with E-state index in [1.54, 1.807) is 0 Å². The van der Waals surface area contributed by atoms with Crippen molar-refractivity contribution < 1.29 is 32.0 Å². The maximum Gasteiger partial charge on any atom is 0.327 e. The van der Waals surface area contributed by atoms with Gasteiger partial charge in [0.1, 0.15) is 0 Å². The van der Waals surface area contributed by atoms with Crippen molar-refractivity contribution in [3.63, 3.8) is 0 Å². The van der Waals surface area contributed by atoms with Gasteiger partial charge in [-0.1, -0.05) is 140 Å². The fourth-order valence-corrected chi connectivity index (χ4v) is 5.81. The molecular formula is C40H70O7S. The lowest BCUT2D eigenvalue weighted by molar-refractivity contribution is -0.150. The largest absolute Gasteiger partial charge is 0.466 e. The van der Waals surface area contributed by atoms with E-state index in [1.165, 1.54) is 51.4 Å². The van der Waals surface area contributed by atoms with Gasteiger partial charge < -0.3 is 9.47 Å². The molecule has 1 unspecified atom stereocenters. The summed E-state index contributed by atoms with van der Waals surface area (Å²) in [7, 11) is -4.79. The average Bonchev–Trinajstić information content (AvgIpc) is 3.05. The second kappa shape index (κ2) is 34.7. The van der Waals surface area contributed by atoms with Crippen molar-refractivity contribution in [3.8, 4) is 0 Å². The van der Waals surface area contributed by atoms with Crippen LogP contribution in [0.1, 0.15) is 174 Å². The van der Waals surface area contributed by atoms with Gasteiger partial charge in [0.15, 0.2) is 5.25 Å². The normalized spacial score (nSPS) is 13.0. The molecule has 0 aromatic rings. The van der Waals surface area contributed by atoms with Crippen molar-refractivity contribution in [2.75, 3.05) is 13.2 Å². The van der Waals surface area contributed by atoms with Gasteiger partial charge >= 0.3 is 11.9 Å². The van der Waals surface area contributed by atoms with E-state index < -0.39 is 33.7 Å². The van der Waals surface area contributed by atoms with Crippen molar-refractivity contribution >= 4 is 22.1 Å². The fraction of sp³-hybridized carbons (Fsp3) is 0.750. The van der Waals surface area contributed by atoms with Crippen LogP contribution in [0.15, 0.2) is 48.6 Å². The summed E-state index contributed by atoms with van der Waals surface area (Å²) in [6.07, 6.45) is 43.4. The molecule has 1 atom stereocenters. The highest BCUT2D eigenvalue weighted by atomic mass is 32.2. The number of hydrogen-bond acceptors (Lipinski definition) is 6. The van der Waals surface area contributed by atoms with Crippen LogP contribution >= 0.6 is 0 Å². The minimum absolute atomic E-state index is 0.0570. The number of unbranched alkanes of at least 4 members (excludes halogenated alkanes) is 18. The van der Waals surface area contributed by atoms with E-state index in [9.17, 15) is 22.6 Å². The summed E-state index contributed by atoms with van der Waals surface area (Å²) in [6, 6.07) is 0. The molecule has 1 N–H and O–H groups in total. The van der Waals surface area contributed by atoms with Crippen molar-refractivity contribution in [1.29, 1.82) is 0 Å². The third kappa shape index (κ3) is 32.4. The van der Waals surface area contributed by atoms with Gasteiger partial charge in [-0.2, -0.15) is 8.42 Å². The van der Waals surface area contributed by atoms with Crippen LogP contribution in [0.4, 0.5) is 0 Å². The summed E-state index contributed by atoms with van der Waals surface area (Å²) in [6.45, 7) is 4.66. The van der Waals surface area contributed by atoms with Gasteiger partial charge in [0.2, 0.25) is 0 Å². The van der Waals surface area contributed by atoms with Crippen molar-refractivity contribution in [2.24, 2.45) is 0 Å². The first-order chi connectivity index (χ1) is 23.3. The third-order valence-electron chi connectivity index (χ3n) is 8.17. The van der Waals surface area contributed by atoms with Gasteiger partial charge in [0.05, 0.1) is 19.6 Å². The zero-order valence-electron chi connectivity index (χ0n) is 30.6. The second-order valence-electron chi connectivity index (χ2n) is 12.8. The first-order valence-corrected chi connectivity index (χ1v) is 20.7. The Morgan fingerprint density at radius 1 is 0.521 bits per heavy atom. The number of hydrogen-bond donors (Lipinski definition) is 1. The topological polar surface area (TPSA) is 107 Å². The lowest BCUT2D eigenvalue weighted by Gasteiger charge is -2.13. The Balaban J connectivity index is 3.86. The Hall–Kier alpha value is -2.19. The van der Waals surface area contributed by atoms with Crippen LogP contribution in [-0.2, 0) is 29.2 Å². The minimum atomic E-state index is -4.79. The smallest absolute Gasteiger partial charge is 0.327 e. The molecule has 0 rings (SSSR count). The van der Waals surface area contributed by atoms with Crippen LogP contribution in [-0.4, -0.2) is 43.4 Å². The van der Waals surface area contributed by atoms with E-state index in [4.69, 9.17) is 9.47 Å². The summed E-state index contributed by atoms with van der Waals surface area (Å²) in [4.78, 5) is 24.5. The van der Waals surface area contributed by atoms with E-state index in [1.807, 2.05) is 0 Å². The number of carbonyl (C=O) groups is 2. The lowest BCUT2D eigenvalue weighted by atomic mass is 10.1. The Morgan fingerprint density at radius 3 is 1.27 bits per heavy atom. The molecule has 0 aliphatic heterocycles. The quantitative estimate of drug-likeness (QED) is 0.0309. The Bertz CT molecular complexity index is 982. The number of carbonyl (C=O) groups excluding carboxylic acids is 2. The van der Waals surface area contributed by atoms with Crippen molar-refractivity contribution in [1.82, 2.24) is 0 Å². The van der Waals surface area contributed by atoms with Gasteiger partial charge in [-0.3, -0.25) is 14.1 Å².